The fourth-order valence-electron chi connectivity index (χ4n) is 3.26. The van der Waals surface area contributed by atoms with E-state index < -0.39 is 10.0 Å². The highest BCUT2D eigenvalue weighted by Gasteiger charge is 2.18. The molecule has 31 heavy (non-hydrogen) atoms. The zero-order valence-corrected chi connectivity index (χ0v) is 18.6. The van der Waals surface area contributed by atoms with E-state index in [1.54, 1.807) is 0 Å². The van der Waals surface area contributed by atoms with Crippen LogP contribution in [0.15, 0.2) is 53.1 Å². The fraction of sp³-hybridized carbons (Fsp3) is 0.318. The molecule has 0 spiro atoms. The summed E-state index contributed by atoms with van der Waals surface area (Å²) in [4.78, 5) is 16.5. The molecule has 0 aliphatic rings. The molecule has 9 heteroatoms. The summed E-state index contributed by atoms with van der Waals surface area (Å²) in [5, 5.41) is 6.64. The van der Waals surface area contributed by atoms with Crippen LogP contribution in [0.2, 0.25) is 0 Å². The van der Waals surface area contributed by atoms with Crippen molar-refractivity contribution >= 4 is 21.6 Å². The number of aryl methyl sites for hydroxylation is 2. The molecule has 3 aromatic rings. The minimum Gasteiger partial charge on any atom is -0.347 e. The van der Waals surface area contributed by atoms with Crippen LogP contribution in [0.1, 0.15) is 29.9 Å². The molecule has 0 radical (unpaired) electrons. The molecular weight excluding hydrogens is 416 g/mol. The van der Waals surface area contributed by atoms with Gasteiger partial charge in [-0.1, -0.05) is 41.6 Å². The SMILES string of the molecule is Cc1cc(C)cc(N(CCCC(=O)NCc2nc(-c3ccccc3)no2)S(C)(=O)=O)c1. The second kappa shape index (κ2) is 9.74. The molecule has 0 atom stereocenters. The fourth-order valence-corrected chi connectivity index (χ4v) is 4.21. The molecule has 164 valence electrons. The number of sulfonamides is 1. The normalized spacial score (nSPS) is 11.3. The lowest BCUT2D eigenvalue weighted by atomic mass is 10.1. The van der Waals surface area contributed by atoms with Gasteiger partial charge in [0, 0.05) is 18.5 Å². The van der Waals surface area contributed by atoms with Crippen LogP contribution in [-0.2, 0) is 21.4 Å². The first kappa shape index (κ1) is 22.5. The van der Waals surface area contributed by atoms with Crippen molar-refractivity contribution in [3.63, 3.8) is 0 Å². The molecule has 0 unspecified atom stereocenters. The number of nitrogens with zero attached hydrogens (tertiary/aromatic N) is 3. The number of aromatic nitrogens is 2. The monoisotopic (exact) mass is 442 g/mol. The van der Waals surface area contributed by atoms with Gasteiger partial charge in [0.1, 0.15) is 0 Å². The van der Waals surface area contributed by atoms with Crippen LogP contribution in [0, 0.1) is 13.8 Å². The van der Waals surface area contributed by atoms with Crippen molar-refractivity contribution in [3.8, 4) is 11.4 Å². The highest BCUT2D eigenvalue weighted by atomic mass is 32.2. The first-order valence-electron chi connectivity index (χ1n) is 9.93. The number of carbonyl (C=O) groups is 1. The van der Waals surface area contributed by atoms with Crippen LogP contribution in [0.25, 0.3) is 11.4 Å². The third-order valence-electron chi connectivity index (χ3n) is 4.60. The van der Waals surface area contributed by atoms with E-state index in [1.807, 2.05) is 62.4 Å². The lowest BCUT2D eigenvalue weighted by molar-refractivity contribution is -0.121. The van der Waals surface area contributed by atoms with E-state index in [-0.39, 0.29) is 25.4 Å². The highest BCUT2D eigenvalue weighted by molar-refractivity contribution is 7.92. The average molecular weight is 443 g/mol. The Balaban J connectivity index is 1.52. The van der Waals surface area contributed by atoms with Crippen molar-refractivity contribution in [1.82, 2.24) is 15.5 Å². The average Bonchev–Trinajstić information content (AvgIpc) is 3.18. The van der Waals surface area contributed by atoms with Gasteiger partial charge in [-0.05, 0) is 43.5 Å². The maximum atomic E-state index is 12.3. The molecule has 0 saturated heterocycles. The first-order chi connectivity index (χ1) is 14.7. The topological polar surface area (TPSA) is 105 Å². The van der Waals surface area contributed by atoms with Crippen LogP contribution in [0.5, 0.6) is 0 Å². The Kier molecular flexibility index (Phi) is 7.06. The summed E-state index contributed by atoms with van der Waals surface area (Å²) in [6, 6.07) is 15.0. The van der Waals surface area contributed by atoms with Crippen molar-refractivity contribution in [2.45, 2.75) is 33.2 Å². The lowest BCUT2D eigenvalue weighted by Crippen LogP contribution is -2.32. The summed E-state index contributed by atoms with van der Waals surface area (Å²) in [5.41, 5.74) is 3.41. The summed E-state index contributed by atoms with van der Waals surface area (Å²) in [6.07, 6.45) is 1.73. The summed E-state index contributed by atoms with van der Waals surface area (Å²) in [6.45, 7) is 4.18. The van der Waals surface area contributed by atoms with E-state index in [0.29, 0.717) is 23.8 Å². The number of amides is 1. The van der Waals surface area contributed by atoms with Crippen LogP contribution < -0.4 is 9.62 Å². The molecule has 8 nitrogen and oxygen atoms in total. The molecule has 1 heterocycles. The van der Waals surface area contributed by atoms with Gasteiger partial charge in [0.15, 0.2) is 0 Å². The second-order valence-electron chi connectivity index (χ2n) is 7.44. The van der Waals surface area contributed by atoms with Crippen molar-refractivity contribution in [2.24, 2.45) is 0 Å². The maximum absolute atomic E-state index is 12.3. The number of rotatable bonds is 9. The highest BCUT2D eigenvalue weighted by Crippen LogP contribution is 2.22. The van der Waals surface area contributed by atoms with E-state index in [2.05, 4.69) is 15.5 Å². The number of carbonyl (C=O) groups excluding carboxylic acids is 1. The van der Waals surface area contributed by atoms with E-state index in [9.17, 15) is 13.2 Å². The standard InChI is InChI=1S/C22H26N4O4S/c1-16-12-17(2)14-19(13-16)26(31(3,28)29)11-7-10-20(27)23-15-21-24-22(25-30-21)18-8-5-4-6-9-18/h4-6,8-9,12-14H,7,10-11,15H2,1-3H3,(H,23,27). The molecule has 1 N–H and O–H groups in total. The number of hydrogen-bond acceptors (Lipinski definition) is 6. The number of hydrogen-bond donors (Lipinski definition) is 1. The molecule has 0 aliphatic carbocycles. The van der Waals surface area contributed by atoms with Crippen LogP contribution in [-0.4, -0.2) is 37.3 Å². The number of nitrogens with one attached hydrogen (secondary N) is 1. The lowest BCUT2D eigenvalue weighted by Gasteiger charge is -2.23. The molecule has 0 fully saturated rings. The third kappa shape index (κ3) is 6.39. The minimum absolute atomic E-state index is 0.117. The molecule has 1 amide bonds. The van der Waals surface area contributed by atoms with E-state index in [1.165, 1.54) is 10.6 Å². The van der Waals surface area contributed by atoms with Crippen molar-refractivity contribution in [1.29, 1.82) is 0 Å². The number of benzene rings is 2. The van der Waals surface area contributed by atoms with Crippen LogP contribution in [0.3, 0.4) is 0 Å². The summed E-state index contributed by atoms with van der Waals surface area (Å²) < 4.78 is 31.0. The Morgan fingerprint density at radius 2 is 1.77 bits per heavy atom. The first-order valence-corrected chi connectivity index (χ1v) is 11.8. The third-order valence-corrected chi connectivity index (χ3v) is 5.79. The number of anilines is 1. The van der Waals surface area contributed by atoms with Gasteiger partial charge in [-0.15, -0.1) is 0 Å². The summed E-state index contributed by atoms with van der Waals surface area (Å²) in [5.74, 6) is 0.552. The largest absolute Gasteiger partial charge is 0.347 e. The quantitative estimate of drug-likeness (QED) is 0.545. The minimum atomic E-state index is -3.46. The Hall–Kier alpha value is -3.20. The van der Waals surface area contributed by atoms with Gasteiger partial charge in [0.2, 0.25) is 27.6 Å². The predicted molar refractivity (Wildman–Crippen MR) is 119 cm³/mol. The Labute approximate surface area is 182 Å². The van der Waals surface area contributed by atoms with Gasteiger partial charge in [-0.2, -0.15) is 4.98 Å². The van der Waals surface area contributed by atoms with E-state index in [4.69, 9.17) is 4.52 Å². The van der Waals surface area contributed by atoms with Crippen molar-refractivity contribution < 1.29 is 17.7 Å². The van der Waals surface area contributed by atoms with Gasteiger partial charge in [-0.25, -0.2) is 8.42 Å². The predicted octanol–water partition coefficient (Wildman–Crippen LogP) is 3.22. The van der Waals surface area contributed by atoms with Crippen molar-refractivity contribution in [3.05, 3.63) is 65.5 Å². The Bertz CT molecular complexity index is 1120. The molecule has 1 aromatic heterocycles. The smallest absolute Gasteiger partial charge is 0.246 e. The molecule has 2 aromatic carbocycles. The summed E-state index contributed by atoms with van der Waals surface area (Å²) >= 11 is 0. The van der Waals surface area contributed by atoms with Crippen LogP contribution >= 0.6 is 0 Å². The van der Waals surface area contributed by atoms with Crippen LogP contribution in [0.4, 0.5) is 5.69 Å². The van der Waals surface area contributed by atoms with Gasteiger partial charge in [0.25, 0.3) is 0 Å². The zero-order valence-electron chi connectivity index (χ0n) is 17.8. The molecule has 3 rings (SSSR count). The van der Waals surface area contributed by atoms with E-state index in [0.717, 1.165) is 16.7 Å². The molecule has 0 aliphatic heterocycles. The van der Waals surface area contributed by atoms with Gasteiger partial charge >= 0.3 is 0 Å². The Morgan fingerprint density at radius 1 is 1.10 bits per heavy atom. The van der Waals surface area contributed by atoms with Gasteiger partial charge in [0.05, 0.1) is 18.5 Å². The summed E-state index contributed by atoms with van der Waals surface area (Å²) in [7, 11) is -3.46. The van der Waals surface area contributed by atoms with E-state index >= 15 is 0 Å². The molecular formula is C22H26N4O4S. The zero-order chi connectivity index (χ0) is 22.4. The van der Waals surface area contributed by atoms with Gasteiger partial charge in [-0.3, -0.25) is 9.10 Å². The molecule has 0 bridgehead atoms. The van der Waals surface area contributed by atoms with Gasteiger partial charge < -0.3 is 9.84 Å². The second-order valence-corrected chi connectivity index (χ2v) is 9.35. The van der Waals surface area contributed by atoms with Crippen molar-refractivity contribution in [2.75, 3.05) is 17.1 Å². The maximum Gasteiger partial charge on any atom is 0.246 e. The Morgan fingerprint density at radius 3 is 2.42 bits per heavy atom. The molecule has 0 saturated carbocycles.